The minimum Gasteiger partial charge on any atom is -0.312 e. The summed E-state index contributed by atoms with van der Waals surface area (Å²) in [6, 6.07) is 6.05. The van der Waals surface area contributed by atoms with Crippen LogP contribution in [0.25, 0.3) is 0 Å². The van der Waals surface area contributed by atoms with Crippen LogP contribution in [-0.2, 0) is 16.3 Å². The van der Waals surface area contributed by atoms with E-state index in [1.54, 1.807) is 0 Å². The summed E-state index contributed by atoms with van der Waals surface area (Å²) in [6.45, 7) is 2.43. The lowest BCUT2D eigenvalue weighted by Crippen LogP contribution is -2.46. The molecule has 0 radical (unpaired) electrons. The third-order valence-electron chi connectivity index (χ3n) is 3.64. The fraction of sp³-hybridized carbons (Fsp3) is 0.643. The molecule has 0 aromatic carbocycles. The molecule has 5 nitrogen and oxygen atoms in total. The fourth-order valence-electron chi connectivity index (χ4n) is 2.39. The molecule has 1 aliphatic heterocycles. The Morgan fingerprint density at radius 3 is 2.95 bits per heavy atom. The third-order valence-corrected chi connectivity index (χ3v) is 5.37. The monoisotopic (exact) mass is 297 g/mol. The van der Waals surface area contributed by atoms with E-state index in [1.807, 2.05) is 24.4 Å². The highest BCUT2D eigenvalue weighted by atomic mass is 32.2. The van der Waals surface area contributed by atoms with Crippen molar-refractivity contribution in [1.29, 1.82) is 0 Å². The summed E-state index contributed by atoms with van der Waals surface area (Å²) >= 11 is 0. The van der Waals surface area contributed by atoms with E-state index in [2.05, 4.69) is 22.2 Å². The van der Waals surface area contributed by atoms with E-state index in [9.17, 15) is 8.42 Å². The summed E-state index contributed by atoms with van der Waals surface area (Å²) in [6.07, 6.45) is 3.61. The molecule has 1 aromatic rings. The first-order valence-electron chi connectivity index (χ1n) is 7.07. The molecule has 2 heterocycles. The molecule has 1 unspecified atom stereocenters. The normalized spacial score (nSPS) is 22.0. The molecule has 0 bridgehead atoms. The van der Waals surface area contributed by atoms with Crippen LogP contribution in [0.3, 0.4) is 0 Å². The van der Waals surface area contributed by atoms with Crippen molar-refractivity contribution in [3.05, 3.63) is 30.1 Å². The predicted molar refractivity (Wildman–Crippen MR) is 80.5 cm³/mol. The first kappa shape index (κ1) is 15.4. The second kappa shape index (κ2) is 7.15. The first-order valence-corrected chi connectivity index (χ1v) is 8.89. The number of hydrogen-bond acceptors (Lipinski definition) is 5. The molecule has 1 aliphatic rings. The van der Waals surface area contributed by atoms with Crippen LogP contribution < -0.4 is 5.32 Å². The minimum absolute atomic E-state index is 0.103. The predicted octanol–water partition coefficient (Wildman–Crippen LogP) is 0.333. The highest BCUT2D eigenvalue weighted by Gasteiger charge is 2.23. The standard InChI is InChI=1S/C14H23N3O2S/c1-17(9-5-13-4-2-3-7-15-13)10-6-14-12-20(18,19)11-8-16-14/h2-4,7,14,16H,5-6,8-12H2,1H3. The summed E-state index contributed by atoms with van der Waals surface area (Å²) in [5.74, 6) is 0.556. The topological polar surface area (TPSA) is 62.3 Å². The minimum atomic E-state index is -2.83. The molecule has 0 spiro atoms. The summed E-state index contributed by atoms with van der Waals surface area (Å²) in [4.78, 5) is 6.54. The average molecular weight is 297 g/mol. The highest BCUT2D eigenvalue weighted by Crippen LogP contribution is 2.06. The van der Waals surface area contributed by atoms with Gasteiger partial charge in [0.05, 0.1) is 11.5 Å². The molecule has 1 saturated heterocycles. The van der Waals surface area contributed by atoms with Gasteiger partial charge in [0.25, 0.3) is 0 Å². The Bertz CT molecular complexity index is 504. The highest BCUT2D eigenvalue weighted by molar-refractivity contribution is 7.91. The maximum Gasteiger partial charge on any atom is 0.153 e. The van der Waals surface area contributed by atoms with Gasteiger partial charge < -0.3 is 10.2 Å². The van der Waals surface area contributed by atoms with Crippen molar-refractivity contribution in [3.8, 4) is 0 Å². The fourth-order valence-corrected chi connectivity index (χ4v) is 3.89. The Kier molecular flexibility index (Phi) is 5.51. The smallest absolute Gasteiger partial charge is 0.153 e. The maximum atomic E-state index is 11.6. The van der Waals surface area contributed by atoms with Crippen LogP contribution in [0.4, 0.5) is 0 Å². The van der Waals surface area contributed by atoms with Crippen molar-refractivity contribution in [2.75, 3.05) is 38.2 Å². The number of sulfone groups is 1. The lowest BCUT2D eigenvalue weighted by Gasteiger charge is -2.25. The molecule has 0 amide bonds. The van der Waals surface area contributed by atoms with Crippen LogP contribution in [0, 0.1) is 0 Å². The number of aromatic nitrogens is 1. The molecule has 112 valence electrons. The SMILES string of the molecule is CN(CCc1ccccn1)CCC1CS(=O)(=O)CCN1. The third kappa shape index (κ3) is 5.19. The van der Waals surface area contributed by atoms with Crippen LogP contribution in [0.2, 0.25) is 0 Å². The molecular weight excluding hydrogens is 274 g/mol. The van der Waals surface area contributed by atoms with Crippen LogP contribution in [-0.4, -0.2) is 62.5 Å². The number of nitrogens with zero attached hydrogens (tertiary/aromatic N) is 2. The van der Waals surface area contributed by atoms with Crippen LogP contribution in [0.15, 0.2) is 24.4 Å². The Labute approximate surface area is 121 Å². The lowest BCUT2D eigenvalue weighted by molar-refractivity contribution is 0.313. The van der Waals surface area contributed by atoms with Crippen LogP contribution >= 0.6 is 0 Å². The van der Waals surface area contributed by atoms with Crippen molar-refractivity contribution >= 4 is 9.84 Å². The Hall–Kier alpha value is -0.980. The van der Waals surface area contributed by atoms with Gasteiger partial charge in [0, 0.05) is 37.4 Å². The van der Waals surface area contributed by atoms with Crippen molar-refractivity contribution < 1.29 is 8.42 Å². The van der Waals surface area contributed by atoms with Gasteiger partial charge in [0.1, 0.15) is 0 Å². The molecule has 2 rings (SSSR count). The Morgan fingerprint density at radius 1 is 1.40 bits per heavy atom. The zero-order valence-corrected chi connectivity index (χ0v) is 12.8. The van der Waals surface area contributed by atoms with Crippen molar-refractivity contribution in [2.45, 2.75) is 18.9 Å². The first-order chi connectivity index (χ1) is 9.55. The molecule has 1 N–H and O–H groups in total. The van der Waals surface area contributed by atoms with Crippen molar-refractivity contribution in [3.63, 3.8) is 0 Å². The van der Waals surface area contributed by atoms with Gasteiger partial charge in [0.15, 0.2) is 9.84 Å². The number of likely N-dealkylation sites (N-methyl/N-ethyl adjacent to an activating group) is 1. The quantitative estimate of drug-likeness (QED) is 0.820. The van der Waals surface area contributed by atoms with Gasteiger partial charge in [-0.1, -0.05) is 6.07 Å². The van der Waals surface area contributed by atoms with Crippen molar-refractivity contribution in [2.24, 2.45) is 0 Å². The summed E-state index contributed by atoms with van der Waals surface area (Å²) in [5, 5.41) is 3.29. The molecule has 20 heavy (non-hydrogen) atoms. The van der Waals surface area contributed by atoms with Gasteiger partial charge in [-0.15, -0.1) is 0 Å². The largest absolute Gasteiger partial charge is 0.312 e. The second-order valence-corrected chi connectivity index (χ2v) is 7.66. The number of hydrogen-bond donors (Lipinski definition) is 1. The van der Waals surface area contributed by atoms with Crippen LogP contribution in [0.5, 0.6) is 0 Å². The summed E-state index contributed by atoms with van der Waals surface area (Å²) < 4.78 is 23.1. The van der Waals surface area contributed by atoms with E-state index in [1.165, 1.54) is 0 Å². The van der Waals surface area contributed by atoms with E-state index in [-0.39, 0.29) is 17.5 Å². The number of rotatable bonds is 6. The lowest BCUT2D eigenvalue weighted by atomic mass is 10.2. The van der Waals surface area contributed by atoms with E-state index < -0.39 is 9.84 Å². The summed E-state index contributed by atoms with van der Waals surface area (Å²) in [7, 11) is -0.756. The van der Waals surface area contributed by atoms with Gasteiger partial charge in [-0.05, 0) is 32.1 Å². The van der Waals surface area contributed by atoms with Gasteiger partial charge in [-0.3, -0.25) is 4.98 Å². The zero-order chi connectivity index (χ0) is 14.4. The molecular formula is C14H23N3O2S. The van der Waals surface area contributed by atoms with Crippen LogP contribution in [0.1, 0.15) is 12.1 Å². The van der Waals surface area contributed by atoms with E-state index in [0.29, 0.717) is 6.54 Å². The van der Waals surface area contributed by atoms with Gasteiger partial charge in [0.2, 0.25) is 0 Å². The van der Waals surface area contributed by atoms with E-state index >= 15 is 0 Å². The molecule has 1 fully saturated rings. The van der Waals surface area contributed by atoms with Crippen molar-refractivity contribution in [1.82, 2.24) is 15.2 Å². The Morgan fingerprint density at radius 2 is 2.25 bits per heavy atom. The van der Waals surface area contributed by atoms with Gasteiger partial charge >= 0.3 is 0 Å². The molecule has 0 saturated carbocycles. The second-order valence-electron chi connectivity index (χ2n) is 5.43. The zero-order valence-electron chi connectivity index (χ0n) is 12.0. The number of nitrogens with one attached hydrogen (secondary N) is 1. The van der Waals surface area contributed by atoms with E-state index in [0.717, 1.165) is 31.6 Å². The van der Waals surface area contributed by atoms with Gasteiger partial charge in [-0.25, -0.2) is 8.42 Å². The molecule has 1 aromatic heterocycles. The molecule has 0 aliphatic carbocycles. The molecule has 1 atom stereocenters. The maximum absolute atomic E-state index is 11.6. The van der Waals surface area contributed by atoms with E-state index in [4.69, 9.17) is 0 Å². The Balaban J connectivity index is 1.68. The average Bonchev–Trinajstić information content (AvgIpc) is 2.43. The summed E-state index contributed by atoms with van der Waals surface area (Å²) in [5.41, 5.74) is 1.10. The number of pyridine rings is 1. The van der Waals surface area contributed by atoms with Gasteiger partial charge in [-0.2, -0.15) is 0 Å². The molecule has 6 heteroatoms.